The number of rotatable bonds is 5. The minimum atomic E-state index is -0.137. The number of H-pyrrole nitrogens is 2. The van der Waals surface area contributed by atoms with Gasteiger partial charge in [0.15, 0.2) is 0 Å². The van der Waals surface area contributed by atoms with Gasteiger partial charge >= 0.3 is 0 Å². The number of likely N-dealkylation sites (N-methyl/N-ethyl adjacent to an activating group) is 1. The van der Waals surface area contributed by atoms with Gasteiger partial charge in [-0.3, -0.25) is 4.79 Å². The molecule has 3 N–H and O–H groups in total. The number of aromatic amines is 2. The van der Waals surface area contributed by atoms with E-state index in [9.17, 15) is 4.79 Å². The van der Waals surface area contributed by atoms with Gasteiger partial charge in [-0.15, -0.1) is 0 Å². The first-order valence-corrected chi connectivity index (χ1v) is 7.11. The molecule has 0 spiro atoms. The average molecular weight is 299 g/mol. The first-order valence-electron chi connectivity index (χ1n) is 7.11. The maximum atomic E-state index is 12.4. The lowest BCUT2D eigenvalue weighted by atomic mass is 10.1. The summed E-state index contributed by atoms with van der Waals surface area (Å²) in [5.41, 5.74) is 2.84. The van der Waals surface area contributed by atoms with Crippen molar-refractivity contribution < 1.29 is 9.90 Å². The first kappa shape index (κ1) is 14.3. The van der Waals surface area contributed by atoms with E-state index in [1.165, 1.54) is 6.33 Å². The van der Waals surface area contributed by atoms with Crippen molar-refractivity contribution in [2.45, 2.75) is 6.92 Å². The molecule has 0 saturated heterocycles. The van der Waals surface area contributed by atoms with E-state index in [4.69, 9.17) is 5.11 Å². The molecule has 0 radical (unpaired) electrons. The number of carbonyl (C=O) groups excluding carboxylic acids is 1. The normalized spacial score (nSPS) is 11.0. The van der Waals surface area contributed by atoms with Gasteiger partial charge in [-0.2, -0.15) is 0 Å². The largest absolute Gasteiger partial charge is 0.395 e. The highest BCUT2D eigenvalue weighted by atomic mass is 16.3. The molecule has 3 rings (SSSR count). The molecule has 0 aliphatic rings. The number of hydrogen-bond donors (Lipinski definition) is 3. The Morgan fingerprint density at radius 3 is 3.00 bits per heavy atom. The summed E-state index contributed by atoms with van der Waals surface area (Å²) in [6.45, 7) is 2.69. The van der Waals surface area contributed by atoms with Crippen LogP contribution in [0.2, 0.25) is 0 Å². The molecule has 0 fully saturated rings. The van der Waals surface area contributed by atoms with E-state index in [0.29, 0.717) is 18.8 Å². The molecule has 7 heteroatoms. The van der Waals surface area contributed by atoms with Gasteiger partial charge in [0.25, 0.3) is 5.91 Å². The van der Waals surface area contributed by atoms with Crippen LogP contribution in [-0.4, -0.2) is 55.5 Å². The van der Waals surface area contributed by atoms with Crippen molar-refractivity contribution in [3.8, 4) is 11.3 Å². The highest BCUT2D eigenvalue weighted by Gasteiger charge is 2.17. The lowest BCUT2D eigenvalue weighted by Gasteiger charge is -2.18. The number of carbonyl (C=O) groups is 1. The smallest absolute Gasteiger partial charge is 0.270 e. The standard InChI is InChI=1S/C15H17N5O2/c1-2-20(5-6-21)15(22)12-7-10(8-17-12)13-11-3-4-16-14(11)19-9-18-13/h3-4,7-9,17,21H,2,5-6H2,1H3,(H,16,18,19). The van der Waals surface area contributed by atoms with Crippen molar-refractivity contribution in [2.24, 2.45) is 0 Å². The third-order valence-electron chi connectivity index (χ3n) is 3.58. The molecule has 3 heterocycles. The van der Waals surface area contributed by atoms with Gasteiger partial charge in [0.2, 0.25) is 0 Å². The van der Waals surface area contributed by atoms with E-state index in [1.54, 1.807) is 17.2 Å². The van der Waals surface area contributed by atoms with Crippen LogP contribution in [-0.2, 0) is 0 Å². The number of aliphatic hydroxyl groups is 1. The van der Waals surface area contributed by atoms with Crippen molar-refractivity contribution in [1.82, 2.24) is 24.8 Å². The summed E-state index contributed by atoms with van der Waals surface area (Å²) in [6, 6.07) is 3.68. The zero-order valence-electron chi connectivity index (χ0n) is 12.2. The maximum absolute atomic E-state index is 12.4. The van der Waals surface area contributed by atoms with Crippen LogP contribution in [0.15, 0.2) is 30.9 Å². The number of hydrogen-bond acceptors (Lipinski definition) is 4. The number of fused-ring (bicyclic) bond motifs is 1. The molecular formula is C15H17N5O2. The molecule has 114 valence electrons. The van der Waals surface area contributed by atoms with Gasteiger partial charge in [0, 0.05) is 36.4 Å². The molecular weight excluding hydrogens is 282 g/mol. The van der Waals surface area contributed by atoms with Crippen LogP contribution in [0.3, 0.4) is 0 Å². The van der Waals surface area contributed by atoms with Crippen molar-refractivity contribution >= 4 is 16.9 Å². The molecule has 0 unspecified atom stereocenters. The monoisotopic (exact) mass is 299 g/mol. The van der Waals surface area contributed by atoms with Gasteiger partial charge in [-0.1, -0.05) is 0 Å². The Morgan fingerprint density at radius 2 is 2.23 bits per heavy atom. The zero-order chi connectivity index (χ0) is 15.5. The number of aliphatic hydroxyl groups excluding tert-OH is 1. The molecule has 1 amide bonds. The highest BCUT2D eigenvalue weighted by molar-refractivity contribution is 5.96. The van der Waals surface area contributed by atoms with Gasteiger partial charge in [-0.25, -0.2) is 9.97 Å². The molecule has 3 aromatic rings. The summed E-state index contributed by atoms with van der Waals surface area (Å²) < 4.78 is 0. The van der Waals surface area contributed by atoms with Gasteiger partial charge < -0.3 is 20.0 Å². The quantitative estimate of drug-likeness (QED) is 0.663. The molecule has 0 saturated carbocycles. The SMILES string of the molecule is CCN(CCO)C(=O)c1cc(-c2ncnc3[nH]ccc23)c[nH]1. The van der Waals surface area contributed by atoms with Crippen molar-refractivity contribution in [2.75, 3.05) is 19.7 Å². The van der Waals surface area contributed by atoms with Gasteiger partial charge in [0.05, 0.1) is 12.3 Å². The minimum absolute atomic E-state index is 0.0526. The minimum Gasteiger partial charge on any atom is -0.395 e. The van der Waals surface area contributed by atoms with Crippen LogP contribution < -0.4 is 0 Å². The van der Waals surface area contributed by atoms with Crippen LogP contribution in [0.4, 0.5) is 0 Å². The van der Waals surface area contributed by atoms with E-state index in [2.05, 4.69) is 19.9 Å². The molecule has 0 aromatic carbocycles. The predicted octanol–water partition coefficient (Wildman–Crippen LogP) is 1.41. The van der Waals surface area contributed by atoms with E-state index < -0.39 is 0 Å². The third kappa shape index (κ3) is 2.46. The van der Waals surface area contributed by atoms with Gasteiger partial charge in [-0.05, 0) is 19.1 Å². The number of nitrogens with one attached hydrogen (secondary N) is 2. The lowest BCUT2D eigenvalue weighted by molar-refractivity contribution is 0.0727. The first-order chi connectivity index (χ1) is 10.7. The second kappa shape index (κ2) is 5.98. The second-order valence-electron chi connectivity index (χ2n) is 4.87. The van der Waals surface area contributed by atoms with Crippen molar-refractivity contribution in [1.29, 1.82) is 0 Å². The third-order valence-corrected chi connectivity index (χ3v) is 3.58. The topological polar surface area (TPSA) is 97.9 Å². The fourth-order valence-electron chi connectivity index (χ4n) is 2.45. The van der Waals surface area contributed by atoms with E-state index in [1.807, 2.05) is 19.2 Å². The summed E-state index contributed by atoms with van der Waals surface area (Å²) in [4.78, 5) is 28.4. The lowest BCUT2D eigenvalue weighted by Crippen LogP contribution is -2.33. The Labute approximate surface area is 127 Å². The Hall–Kier alpha value is -2.67. The maximum Gasteiger partial charge on any atom is 0.270 e. The van der Waals surface area contributed by atoms with E-state index in [-0.39, 0.29) is 12.5 Å². The summed E-state index contributed by atoms with van der Waals surface area (Å²) in [6.07, 6.45) is 5.06. The Balaban J connectivity index is 1.94. The van der Waals surface area contributed by atoms with E-state index in [0.717, 1.165) is 22.3 Å². The number of aromatic nitrogens is 4. The Kier molecular flexibility index (Phi) is 3.88. The molecule has 0 aliphatic heterocycles. The van der Waals surface area contributed by atoms with Crippen LogP contribution >= 0.6 is 0 Å². The van der Waals surface area contributed by atoms with Crippen LogP contribution in [0.1, 0.15) is 17.4 Å². The number of amides is 1. The predicted molar refractivity (Wildman–Crippen MR) is 82.3 cm³/mol. The van der Waals surface area contributed by atoms with Crippen LogP contribution in [0.25, 0.3) is 22.3 Å². The van der Waals surface area contributed by atoms with Crippen LogP contribution in [0.5, 0.6) is 0 Å². The molecule has 22 heavy (non-hydrogen) atoms. The summed E-state index contributed by atoms with van der Waals surface area (Å²) in [5, 5.41) is 9.92. The van der Waals surface area contributed by atoms with Crippen molar-refractivity contribution in [3.63, 3.8) is 0 Å². The van der Waals surface area contributed by atoms with Crippen molar-refractivity contribution in [3.05, 3.63) is 36.5 Å². The summed E-state index contributed by atoms with van der Waals surface area (Å²) in [5.74, 6) is -0.137. The van der Waals surface area contributed by atoms with E-state index >= 15 is 0 Å². The highest BCUT2D eigenvalue weighted by Crippen LogP contribution is 2.25. The summed E-state index contributed by atoms with van der Waals surface area (Å²) in [7, 11) is 0. The van der Waals surface area contributed by atoms with Gasteiger partial charge in [0.1, 0.15) is 17.7 Å². The fourth-order valence-corrected chi connectivity index (χ4v) is 2.45. The molecule has 7 nitrogen and oxygen atoms in total. The second-order valence-corrected chi connectivity index (χ2v) is 4.87. The van der Waals surface area contributed by atoms with Crippen LogP contribution in [0, 0.1) is 0 Å². The molecule has 0 aliphatic carbocycles. The molecule has 3 aromatic heterocycles. The molecule has 0 atom stereocenters. The Morgan fingerprint density at radius 1 is 1.36 bits per heavy atom. The zero-order valence-corrected chi connectivity index (χ0v) is 12.2. The summed E-state index contributed by atoms with van der Waals surface area (Å²) >= 11 is 0. The Bertz CT molecular complexity index is 792. The molecule has 0 bridgehead atoms. The average Bonchev–Trinajstić information content (AvgIpc) is 3.20. The fraction of sp³-hybridized carbons (Fsp3) is 0.267. The number of nitrogens with zero attached hydrogens (tertiary/aromatic N) is 3.